The molecule has 0 saturated heterocycles. The fraction of sp³-hybridized carbons (Fsp3) is 0.636. The van der Waals surface area contributed by atoms with Crippen molar-refractivity contribution in [2.24, 2.45) is 11.8 Å². The summed E-state index contributed by atoms with van der Waals surface area (Å²) in [6.45, 7) is 5.76. The minimum atomic E-state index is -0.966. The van der Waals surface area contributed by atoms with E-state index in [9.17, 15) is 9.90 Å². The van der Waals surface area contributed by atoms with Crippen LogP contribution in [0.1, 0.15) is 31.9 Å². The number of ether oxygens (including phenoxy) is 1. The molecule has 2 unspecified atom stereocenters. The van der Waals surface area contributed by atoms with E-state index in [0.717, 1.165) is 0 Å². The Hall–Kier alpha value is -0.650. The molecule has 0 bridgehead atoms. The van der Waals surface area contributed by atoms with Crippen LogP contribution in [0.4, 0.5) is 0 Å². The summed E-state index contributed by atoms with van der Waals surface area (Å²) in [5, 5.41) is 10.6. The highest BCUT2D eigenvalue weighted by atomic mass is 35.5. The van der Waals surface area contributed by atoms with Gasteiger partial charge in [0.1, 0.15) is 15.4 Å². The second kappa shape index (κ2) is 6.33. The van der Waals surface area contributed by atoms with E-state index in [2.05, 4.69) is 4.98 Å². The molecule has 0 fully saturated rings. The monoisotopic (exact) mass is 277 g/mol. The molecule has 4 nitrogen and oxygen atoms in total. The number of carbonyl (C=O) groups excluding carboxylic acids is 1. The van der Waals surface area contributed by atoms with Gasteiger partial charge in [0.05, 0.1) is 18.7 Å². The average Bonchev–Trinajstić information content (AvgIpc) is 2.64. The molecule has 2 atom stereocenters. The number of hydrogen-bond acceptors (Lipinski definition) is 5. The number of esters is 1. The molecule has 1 rings (SSSR count). The SMILES string of the molecule is CCOC(=O)C(C(C)C)C(O)c1ncc(Cl)s1. The molecule has 17 heavy (non-hydrogen) atoms. The van der Waals surface area contributed by atoms with Crippen LogP contribution in [0.5, 0.6) is 0 Å². The van der Waals surface area contributed by atoms with E-state index in [1.54, 1.807) is 6.92 Å². The highest BCUT2D eigenvalue weighted by molar-refractivity contribution is 7.15. The number of thiazole rings is 1. The Bertz CT molecular complexity index is 381. The number of aliphatic hydroxyl groups is 1. The molecule has 0 amide bonds. The van der Waals surface area contributed by atoms with Gasteiger partial charge in [-0.25, -0.2) is 4.98 Å². The average molecular weight is 278 g/mol. The zero-order chi connectivity index (χ0) is 13.0. The van der Waals surface area contributed by atoms with Crippen LogP contribution in [0.2, 0.25) is 4.34 Å². The van der Waals surface area contributed by atoms with Crippen LogP contribution in [-0.2, 0) is 9.53 Å². The summed E-state index contributed by atoms with van der Waals surface area (Å²) in [6, 6.07) is 0. The van der Waals surface area contributed by atoms with Crippen molar-refractivity contribution in [3.63, 3.8) is 0 Å². The van der Waals surface area contributed by atoms with Gasteiger partial charge in [-0.3, -0.25) is 4.79 Å². The Labute approximate surface area is 110 Å². The van der Waals surface area contributed by atoms with E-state index in [4.69, 9.17) is 16.3 Å². The van der Waals surface area contributed by atoms with Crippen molar-refractivity contribution in [1.82, 2.24) is 4.98 Å². The molecule has 0 aliphatic carbocycles. The van der Waals surface area contributed by atoms with Crippen LogP contribution in [0.15, 0.2) is 6.20 Å². The summed E-state index contributed by atoms with van der Waals surface area (Å²) in [7, 11) is 0. The number of rotatable bonds is 5. The van der Waals surface area contributed by atoms with Crippen LogP contribution < -0.4 is 0 Å². The highest BCUT2D eigenvalue weighted by Crippen LogP contribution is 2.33. The number of nitrogens with zero attached hydrogens (tertiary/aromatic N) is 1. The van der Waals surface area contributed by atoms with Crippen molar-refractivity contribution in [1.29, 1.82) is 0 Å². The number of hydrogen-bond donors (Lipinski definition) is 1. The molecular formula is C11H16ClNO3S. The predicted molar refractivity (Wildman–Crippen MR) is 67.0 cm³/mol. The molecule has 1 N–H and O–H groups in total. The summed E-state index contributed by atoms with van der Waals surface area (Å²) >= 11 is 6.93. The maximum atomic E-state index is 11.8. The molecule has 1 aromatic rings. The molecule has 96 valence electrons. The third kappa shape index (κ3) is 3.66. The van der Waals surface area contributed by atoms with Gasteiger partial charge in [-0.1, -0.05) is 25.4 Å². The summed E-state index contributed by atoms with van der Waals surface area (Å²) < 4.78 is 5.45. The maximum absolute atomic E-state index is 11.8. The van der Waals surface area contributed by atoms with Crippen molar-refractivity contribution in [3.05, 3.63) is 15.5 Å². The Morgan fingerprint density at radius 2 is 2.29 bits per heavy atom. The molecule has 0 aliphatic rings. The Morgan fingerprint density at radius 3 is 2.71 bits per heavy atom. The van der Waals surface area contributed by atoms with Crippen molar-refractivity contribution in [2.45, 2.75) is 26.9 Å². The molecule has 0 saturated carbocycles. The third-order valence-corrected chi connectivity index (χ3v) is 3.55. The third-order valence-electron chi connectivity index (χ3n) is 2.37. The van der Waals surface area contributed by atoms with Gasteiger partial charge in [0.2, 0.25) is 0 Å². The van der Waals surface area contributed by atoms with Crippen molar-refractivity contribution in [3.8, 4) is 0 Å². The van der Waals surface area contributed by atoms with E-state index in [-0.39, 0.29) is 5.92 Å². The first kappa shape index (κ1) is 14.4. The van der Waals surface area contributed by atoms with Crippen molar-refractivity contribution < 1.29 is 14.6 Å². The molecule has 1 heterocycles. The van der Waals surface area contributed by atoms with Crippen LogP contribution in [0.25, 0.3) is 0 Å². The number of halogens is 1. The van der Waals surface area contributed by atoms with E-state index in [0.29, 0.717) is 16.0 Å². The van der Waals surface area contributed by atoms with E-state index < -0.39 is 18.0 Å². The molecule has 6 heteroatoms. The first-order valence-corrected chi connectivity index (χ1v) is 6.62. The summed E-state index contributed by atoms with van der Waals surface area (Å²) in [4.78, 5) is 15.8. The molecule has 0 aliphatic heterocycles. The topological polar surface area (TPSA) is 59.4 Å². The van der Waals surface area contributed by atoms with Gasteiger partial charge < -0.3 is 9.84 Å². The fourth-order valence-corrected chi connectivity index (χ4v) is 2.53. The minimum absolute atomic E-state index is 0.0354. The smallest absolute Gasteiger partial charge is 0.312 e. The van der Waals surface area contributed by atoms with Gasteiger partial charge in [0, 0.05) is 0 Å². The van der Waals surface area contributed by atoms with Crippen LogP contribution in [-0.4, -0.2) is 22.7 Å². The van der Waals surface area contributed by atoms with Crippen LogP contribution in [0.3, 0.4) is 0 Å². The lowest BCUT2D eigenvalue weighted by molar-refractivity contribution is -0.154. The zero-order valence-corrected chi connectivity index (χ0v) is 11.6. The Kier molecular flexibility index (Phi) is 5.36. The number of aromatic nitrogens is 1. The molecule has 0 spiro atoms. The Morgan fingerprint density at radius 1 is 1.65 bits per heavy atom. The van der Waals surface area contributed by atoms with Gasteiger partial charge in [0.15, 0.2) is 0 Å². The number of carbonyl (C=O) groups is 1. The van der Waals surface area contributed by atoms with Gasteiger partial charge in [0.25, 0.3) is 0 Å². The fourth-order valence-electron chi connectivity index (χ4n) is 1.56. The van der Waals surface area contributed by atoms with Crippen LogP contribution in [0, 0.1) is 11.8 Å². The lowest BCUT2D eigenvalue weighted by Crippen LogP contribution is -2.29. The lowest BCUT2D eigenvalue weighted by atomic mass is 9.90. The normalized spacial score (nSPS) is 14.7. The largest absolute Gasteiger partial charge is 0.466 e. The van der Waals surface area contributed by atoms with Gasteiger partial charge >= 0.3 is 5.97 Å². The van der Waals surface area contributed by atoms with E-state index in [1.165, 1.54) is 17.5 Å². The summed E-state index contributed by atoms with van der Waals surface area (Å²) in [6.07, 6.45) is 0.499. The molecule has 0 aromatic carbocycles. The number of aliphatic hydroxyl groups excluding tert-OH is 1. The zero-order valence-electron chi connectivity index (χ0n) is 10.0. The predicted octanol–water partition coefficient (Wildman–Crippen LogP) is 2.67. The first-order valence-electron chi connectivity index (χ1n) is 5.43. The van der Waals surface area contributed by atoms with Gasteiger partial charge in [-0.15, -0.1) is 11.3 Å². The quantitative estimate of drug-likeness (QED) is 0.841. The standard InChI is InChI=1S/C11H16ClNO3S/c1-4-16-11(15)8(6(2)3)9(14)10-13-5-7(12)17-10/h5-6,8-9,14H,4H2,1-3H3. The lowest BCUT2D eigenvalue weighted by Gasteiger charge is -2.22. The van der Waals surface area contributed by atoms with Gasteiger partial charge in [-0.05, 0) is 12.8 Å². The summed E-state index contributed by atoms with van der Waals surface area (Å²) in [5.41, 5.74) is 0. The minimum Gasteiger partial charge on any atom is -0.466 e. The molecule has 0 radical (unpaired) electrons. The molecular weight excluding hydrogens is 262 g/mol. The van der Waals surface area contributed by atoms with E-state index >= 15 is 0 Å². The van der Waals surface area contributed by atoms with Gasteiger partial charge in [-0.2, -0.15) is 0 Å². The molecule has 1 aromatic heterocycles. The summed E-state index contributed by atoms with van der Waals surface area (Å²) in [5.74, 6) is -1.05. The van der Waals surface area contributed by atoms with E-state index in [1.807, 2.05) is 13.8 Å². The first-order chi connectivity index (χ1) is 7.97. The maximum Gasteiger partial charge on any atom is 0.312 e. The highest BCUT2D eigenvalue weighted by Gasteiger charge is 2.33. The van der Waals surface area contributed by atoms with Crippen LogP contribution >= 0.6 is 22.9 Å². The second-order valence-electron chi connectivity index (χ2n) is 3.97. The van der Waals surface area contributed by atoms with Crippen molar-refractivity contribution in [2.75, 3.05) is 6.61 Å². The van der Waals surface area contributed by atoms with Crippen molar-refractivity contribution >= 4 is 28.9 Å². The Balaban J connectivity index is 2.87. The second-order valence-corrected chi connectivity index (χ2v) is 5.66.